The van der Waals surface area contributed by atoms with Crippen molar-refractivity contribution in [3.8, 4) is 0 Å². The molecule has 1 atom stereocenters. The maximum Gasteiger partial charge on any atom is 0.0778 e. The minimum absolute atomic E-state index is 0.205. The summed E-state index contributed by atoms with van der Waals surface area (Å²) in [5.74, 6) is 0. The highest BCUT2D eigenvalue weighted by Gasteiger charge is 2.28. The average Bonchev–Trinajstić information content (AvgIpc) is 2.28. The number of hydrogen-bond donors (Lipinski definition) is 1. The van der Waals surface area contributed by atoms with Crippen LogP contribution in [0.2, 0.25) is 0 Å². The van der Waals surface area contributed by atoms with Crippen molar-refractivity contribution < 1.29 is 4.74 Å². The van der Waals surface area contributed by atoms with E-state index in [1.165, 1.54) is 0 Å². The highest BCUT2D eigenvalue weighted by Crippen LogP contribution is 2.17. The van der Waals surface area contributed by atoms with E-state index in [-0.39, 0.29) is 11.6 Å². The lowest BCUT2D eigenvalue weighted by molar-refractivity contribution is -0.00821. The Morgan fingerprint density at radius 2 is 2.19 bits per heavy atom. The molecule has 0 fully saturated rings. The van der Waals surface area contributed by atoms with Crippen molar-refractivity contribution in [2.45, 2.75) is 31.9 Å². The molecule has 1 heterocycles. The smallest absolute Gasteiger partial charge is 0.0778 e. The minimum atomic E-state index is -0.205. The summed E-state index contributed by atoms with van der Waals surface area (Å²) in [5, 5.41) is 3.28. The van der Waals surface area contributed by atoms with Crippen molar-refractivity contribution in [3.63, 3.8) is 0 Å². The van der Waals surface area contributed by atoms with Crippen LogP contribution in [0.5, 0.6) is 0 Å². The molecule has 90 valence electrons. The van der Waals surface area contributed by atoms with Gasteiger partial charge in [-0.25, -0.2) is 0 Å². The second-order valence-corrected chi connectivity index (χ2v) is 5.24. The molecule has 0 bridgehead atoms. The number of rotatable bonds is 5. The second-order valence-electron chi connectivity index (χ2n) is 4.32. The van der Waals surface area contributed by atoms with Gasteiger partial charge >= 0.3 is 0 Å². The van der Waals surface area contributed by atoms with Crippen LogP contribution in [-0.4, -0.2) is 30.8 Å². The topological polar surface area (TPSA) is 34.2 Å². The number of pyridine rings is 1. The monoisotopic (exact) mass is 286 g/mol. The van der Waals surface area contributed by atoms with Gasteiger partial charge in [-0.3, -0.25) is 4.98 Å². The molecule has 1 aromatic rings. The molecule has 0 radical (unpaired) electrons. The van der Waals surface area contributed by atoms with Gasteiger partial charge in [0.2, 0.25) is 0 Å². The first kappa shape index (κ1) is 13.6. The van der Waals surface area contributed by atoms with Crippen LogP contribution in [0.4, 0.5) is 0 Å². The van der Waals surface area contributed by atoms with E-state index in [2.05, 4.69) is 40.1 Å². The Bertz CT molecular complexity index is 324. The molecule has 1 unspecified atom stereocenters. The fourth-order valence-corrected chi connectivity index (χ4v) is 1.81. The number of halogens is 1. The van der Waals surface area contributed by atoms with Crippen molar-refractivity contribution in [1.82, 2.24) is 10.3 Å². The summed E-state index contributed by atoms with van der Waals surface area (Å²) in [4.78, 5) is 4.37. The predicted octanol–water partition coefficient (Wildman–Crippen LogP) is 2.40. The van der Waals surface area contributed by atoms with Gasteiger partial charge in [0, 0.05) is 35.9 Å². The van der Waals surface area contributed by atoms with Gasteiger partial charge in [0.15, 0.2) is 0 Å². The fourth-order valence-electron chi connectivity index (χ4n) is 1.57. The molecule has 1 N–H and O–H groups in total. The highest BCUT2D eigenvalue weighted by atomic mass is 79.9. The summed E-state index contributed by atoms with van der Waals surface area (Å²) in [5.41, 5.74) is 0.858. The van der Waals surface area contributed by atoms with Gasteiger partial charge in [-0.1, -0.05) is 0 Å². The number of nitrogens with one attached hydrogen (secondary N) is 1. The second kappa shape index (κ2) is 5.75. The van der Waals surface area contributed by atoms with Gasteiger partial charge in [-0.2, -0.15) is 0 Å². The molecule has 0 spiro atoms. The molecule has 1 rings (SSSR count). The maximum atomic E-state index is 5.49. The van der Waals surface area contributed by atoms with Crippen LogP contribution in [-0.2, 0) is 11.2 Å². The standard InChI is InChI=1S/C12H19BrN2O/c1-12(2,16-4)11(14-3)7-10-6-5-9(13)8-15-10/h5-6,8,11,14H,7H2,1-4H3. The third-order valence-electron chi connectivity index (χ3n) is 2.92. The lowest BCUT2D eigenvalue weighted by Gasteiger charge is -2.32. The first-order valence-corrected chi connectivity index (χ1v) is 6.11. The Morgan fingerprint density at radius 3 is 2.62 bits per heavy atom. The Balaban J connectivity index is 2.74. The molecule has 0 amide bonds. The predicted molar refractivity (Wildman–Crippen MR) is 69.6 cm³/mol. The van der Waals surface area contributed by atoms with Gasteiger partial charge in [0.05, 0.1) is 5.60 Å². The molecule has 16 heavy (non-hydrogen) atoms. The van der Waals surface area contributed by atoms with Crippen LogP contribution in [0.1, 0.15) is 19.5 Å². The van der Waals surface area contributed by atoms with Gasteiger partial charge < -0.3 is 10.1 Å². The average molecular weight is 287 g/mol. The summed E-state index contributed by atoms with van der Waals surface area (Å²) < 4.78 is 6.49. The molecule has 3 nitrogen and oxygen atoms in total. The minimum Gasteiger partial charge on any atom is -0.377 e. The van der Waals surface area contributed by atoms with Crippen LogP contribution in [0.15, 0.2) is 22.8 Å². The van der Waals surface area contributed by atoms with Gasteiger partial charge in [-0.15, -0.1) is 0 Å². The maximum absolute atomic E-state index is 5.49. The fraction of sp³-hybridized carbons (Fsp3) is 0.583. The molecule has 0 saturated heterocycles. The molecule has 0 aliphatic rings. The van der Waals surface area contributed by atoms with E-state index >= 15 is 0 Å². The zero-order valence-corrected chi connectivity index (χ0v) is 11.8. The van der Waals surface area contributed by atoms with E-state index in [1.807, 2.05) is 25.4 Å². The molecule has 0 aliphatic heterocycles. The van der Waals surface area contributed by atoms with E-state index < -0.39 is 0 Å². The largest absolute Gasteiger partial charge is 0.377 e. The number of ether oxygens (including phenoxy) is 1. The first-order valence-electron chi connectivity index (χ1n) is 5.32. The van der Waals surface area contributed by atoms with E-state index in [0.717, 1.165) is 16.6 Å². The Morgan fingerprint density at radius 1 is 1.50 bits per heavy atom. The van der Waals surface area contributed by atoms with E-state index in [4.69, 9.17) is 4.74 Å². The third-order valence-corrected chi connectivity index (χ3v) is 3.38. The zero-order chi connectivity index (χ0) is 12.2. The molecular weight excluding hydrogens is 268 g/mol. The Hall–Kier alpha value is -0.450. The highest BCUT2D eigenvalue weighted by molar-refractivity contribution is 9.10. The van der Waals surface area contributed by atoms with Gasteiger partial charge in [-0.05, 0) is 49.0 Å². The summed E-state index contributed by atoms with van der Waals surface area (Å²) >= 11 is 3.38. The van der Waals surface area contributed by atoms with E-state index in [1.54, 1.807) is 7.11 Å². The lowest BCUT2D eigenvalue weighted by atomic mass is 9.94. The number of methoxy groups -OCH3 is 1. The summed E-state index contributed by atoms with van der Waals surface area (Å²) in [7, 11) is 3.68. The number of hydrogen-bond acceptors (Lipinski definition) is 3. The van der Waals surface area contributed by atoms with Crippen molar-refractivity contribution in [2.75, 3.05) is 14.2 Å². The number of aromatic nitrogens is 1. The lowest BCUT2D eigenvalue weighted by Crippen LogP contribution is -2.48. The Kier molecular flexibility index (Phi) is 4.89. The molecule has 0 aliphatic carbocycles. The number of nitrogens with zero attached hydrogens (tertiary/aromatic N) is 1. The van der Waals surface area contributed by atoms with Crippen molar-refractivity contribution in [2.24, 2.45) is 0 Å². The zero-order valence-electron chi connectivity index (χ0n) is 10.2. The van der Waals surface area contributed by atoms with Crippen molar-refractivity contribution >= 4 is 15.9 Å². The third kappa shape index (κ3) is 3.54. The van der Waals surface area contributed by atoms with Crippen LogP contribution in [0.3, 0.4) is 0 Å². The van der Waals surface area contributed by atoms with E-state index in [0.29, 0.717) is 0 Å². The van der Waals surface area contributed by atoms with E-state index in [9.17, 15) is 0 Å². The van der Waals surface area contributed by atoms with Crippen molar-refractivity contribution in [1.29, 1.82) is 0 Å². The van der Waals surface area contributed by atoms with Crippen LogP contribution in [0.25, 0.3) is 0 Å². The molecular formula is C12H19BrN2O. The Labute approximate surface area is 106 Å². The van der Waals surface area contributed by atoms with Crippen LogP contribution >= 0.6 is 15.9 Å². The number of likely N-dealkylation sites (N-methyl/N-ethyl adjacent to an activating group) is 1. The quantitative estimate of drug-likeness (QED) is 0.903. The molecule has 0 aromatic carbocycles. The van der Waals surface area contributed by atoms with Gasteiger partial charge in [0.1, 0.15) is 0 Å². The SMILES string of the molecule is CNC(Cc1ccc(Br)cn1)C(C)(C)OC. The first-order chi connectivity index (χ1) is 7.49. The van der Waals surface area contributed by atoms with Crippen LogP contribution < -0.4 is 5.32 Å². The molecule has 0 saturated carbocycles. The van der Waals surface area contributed by atoms with Gasteiger partial charge in [0.25, 0.3) is 0 Å². The summed E-state index contributed by atoms with van der Waals surface area (Å²) in [6.45, 7) is 4.15. The van der Waals surface area contributed by atoms with Crippen LogP contribution in [0, 0.1) is 0 Å². The summed E-state index contributed by atoms with van der Waals surface area (Å²) in [6.07, 6.45) is 2.67. The van der Waals surface area contributed by atoms with Crippen molar-refractivity contribution in [3.05, 3.63) is 28.5 Å². The molecule has 1 aromatic heterocycles. The molecule has 4 heteroatoms. The normalized spacial score (nSPS) is 13.8. The summed E-state index contributed by atoms with van der Waals surface area (Å²) in [6, 6.07) is 4.28.